The van der Waals surface area contributed by atoms with E-state index in [-0.39, 0.29) is 24.8 Å². The molecule has 2 aromatic heterocycles. The van der Waals surface area contributed by atoms with Crippen LogP contribution in [0.3, 0.4) is 0 Å². The second-order valence-electron chi connectivity index (χ2n) is 4.22. The fourth-order valence-electron chi connectivity index (χ4n) is 1.65. The highest BCUT2D eigenvalue weighted by Gasteiger charge is 2.09. The molecule has 0 aromatic carbocycles. The van der Waals surface area contributed by atoms with Crippen LogP contribution in [-0.4, -0.2) is 32.3 Å². The molecule has 0 bridgehead atoms. The third-order valence-corrected chi connectivity index (χ3v) is 2.83. The van der Waals surface area contributed by atoms with E-state index in [4.69, 9.17) is 0 Å². The lowest BCUT2D eigenvalue weighted by atomic mass is 10.1. The Bertz CT molecular complexity index is 677. The maximum atomic E-state index is 11.8. The van der Waals surface area contributed by atoms with E-state index in [2.05, 4.69) is 20.5 Å². The normalized spacial score (nSPS) is 10.3. The number of hydrogen-bond acceptors (Lipinski definition) is 6. The van der Waals surface area contributed by atoms with E-state index in [1.807, 2.05) is 0 Å². The number of carbonyl (C=O) groups excluding carboxylic acids is 1. The molecule has 2 heterocycles. The van der Waals surface area contributed by atoms with Gasteiger partial charge in [-0.2, -0.15) is 5.10 Å². The monoisotopic (exact) mass is 322 g/mol. The van der Waals surface area contributed by atoms with E-state index in [0.29, 0.717) is 22.4 Å². The first-order valence-electron chi connectivity index (χ1n) is 6.15. The number of aliphatic hydroxyl groups excluding tert-OH is 1. The molecule has 22 heavy (non-hydrogen) atoms. The van der Waals surface area contributed by atoms with Gasteiger partial charge in [0.1, 0.15) is 5.75 Å². The van der Waals surface area contributed by atoms with Crippen molar-refractivity contribution in [1.29, 1.82) is 0 Å². The number of aliphatic hydroxyl groups is 1. The molecule has 0 unspecified atom stereocenters. The number of halogens is 1. The Labute approximate surface area is 133 Å². The molecule has 0 spiro atoms. The van der Waals surface area contributed by atoms with Crippen molar-refractivity contribution in [1.82, 2.24) is 15.4 Å². The maximum absolute atomic E-state index is 11.8. The number of aromatic hydroxyl groups is 1. The van der Waals surface area contributed by atoms with E-state index in [1.54, 1.807) is 19.1 Å². The minimum absolute atomic E-state index is 0. The molecule has 0 radical (unpaired) electrons. The van der Waals surface area contributed by atoms with Crippen molar-refractivity contribution in [2.75, 3.05) is 0 Å². The van der Waals surface area contributed by atoms with Crippen molar-refractivity contribution in [3.05, 3.63) is 53.1 Å². The number of pyridine rings is 2. The first-order chi connectivity index (χ1) is 10.1. The van der Waals surface area contributed by atoms with Crippen LogP contribution in [0.15, 0.2) is 35.8 Å². The molecule has 0 fully saturated rings. The smallest absolute Gasteiger partial charge is 0.271 e. The van der Waals surface area contributed by atoms with Gasteiger partial charge in [-0.25, -0.2) is 5.43 Å². The van der Waals surface area contributed by atoms with Crippen LogP contribution in [0, 0.1) is 6.92 Å². The Balaban J connectivity index is 0.00000242. The molecule has 2 aromatic rings. The minimum atomic E-state index is -0.399. The first kappa shape index (κ1) is 17.5. The van der Waals surface area contributed by atoms with Gasteiger partial charge in [0, 0.05) is 35.3 Å². The van der Waals surface area contributed by atoms with Crippen molar-refractivity contribution >= 4 is 24.5 Å². The Morgan fingerprint density at radius 1 is 1.41 bits per heavy atom. The van der Waals surface area contributed by atoms with E-state index in [1.165, 1.54) is 24.8 Å². The molecule has 8 heteroatoms. The summed E-state index contributed by atoms with van der Waals surface area (Å²) in [4.78, 5) is 19.5. The van der Waals surface area contributed by atoms with E-state index < -0.39 is 5.91 Å². The number of aryl methyl sites for hydroxylation is 1. The van der Waals surface area contributed by atoms with Gasteiger partial charge in [0.2, 0.25) is 0 Å². The van der Waals surface area contributed by atoms with Gasteiger partial charge >= 0.3 is 0 Å². The van der Waals surface area contributed by atoms with Gasteiger partial charge in [-0.05, 0) is 19.1 Å². The molecule has 0 atom stereocenters. The summed E-state index contributed by atoms with van der Waals surface area (Å²) in [7, 11) is 0. The fourth-order valence-corrected chi connectivity index (χ4v) is 1.65. The average molecular weight is 323 g/mol. The zero-order valence-corrected chi connectivity index (χ0v) is 12.5. The Morgan fingerprint density at radius 3 is 2.73 bits per heavy atom. The minimum Gasteiger partial charge on any atom is -0.505 e. The number of carbonyl (C=O) groups is 1. The lowest BCUT2D eigenvalue weighted by molar-refractivity contribution is 0.0955. The average Bonchev–Trinajstić information content (AvgIpc) is 2.52. The number of hydrogen-bond donors (Lipinski definition) is 3. The second-order valence-corrected chi connectivity index (χ2v) is 4.22. The standard InChI is InChI=1S/C14H14N4O3.ClH/c1-9-13(20)12(11(8-19)6-16-9)7-17-18-14(21)10-2-4-15-5-3-10;/h2-7,19-20H,8H2,1H3,(H,18,21);1H/b17-7+;. The zero-order chi connectivity index (χ0) is 15.2. The summed E-state index contributed by atoms with van der Waals surface area (Å²) >= 11 is 0. The van der Waals surface area contributed by atoms with Gasteiger partial charge in [0.15, 0.2) is 0 Å². The van der Waals surface area contributed by atoms with Crippen LogP contribution in [-0.2, 0) is 6.61 Å². The van der Waals surface area contributed by atoms with Crippen LogP contribution in [0.1, 0.15) is 27.2 Å². The van der Waals surface area contributed by atoms with Gasteiger partial charge in [-0.1, -0.05) is 0 Å². The zero-order valence-electron chi connectivity index (χ0n) is 11.7. The summed E-state index contributed by atoms with van der Waals surface area (Å²) in [5.74, 6) is -0.479. The predicted octanol–water partition coefficient (Wildman–Crippen LogP) is 1.17. The molecule has 7 nitrogen and oxygen atoms in total. The van der Waals surface area contributed by atoms with Gasteiger partial charge in [-0.15, -0.1) is 12.4 Å². The topological polar surface area (TPSA) is 108 Å². The summed E-state index contributed by atoms with van der Waals surface area (Å²) in [6.07, 6.45) is 5.72. The maximum Gasteiger partial charge on any atom is 0.271 e. The molecule has 3 N–H and O–H groups in total. The van der Waals surface area contributed by atoms with Crippen LogP contribution in [0.5, 0.6) is 5.75 Å². The summed E-state index contributed by atoms with van der Waals surface area (Å²) < 4.78 is 0. The van der Waals surface area contributed by atoms with Crippen molar-refractivity contribution in [3.8, 4) is 5.75 Å². The Hall–Kier alpha value is -2.51. The predicted molar refractivity (Wildman–Crippen MR) is 83.1 cm³/mol. The van der Waals surface area contributed by atoms with Crippen molar-refractivity contribution in [3.63, 3.8) is 0 Å². The van der Waals surface area contributed by atoms with Crippen molar-refractivity contribution in [2.45, 2.75) is 13.5 Å². The second kappa shape index (κ2) is 8.06. The van der Waals surface area contributed by atoms with Crippen molar-refractivity contribution < 1.29 is 15.0 Å². The number of hydrazone groups is 1. The number of aromatic nitrogens is 2. The summed E-state index contributed by atoms with van der Waals surface area (Å²) in [6.45, 7) is 1.34. The largest absolute Gasteiger partial charge is 0.505 e. The molecular formula is C14H15ClN4O3. The molecule has 0 aliphatic rings. The Kier molecular flexibility index (Phi) is 6.43. The van der Waals surface area contributed by atoms with Crippen LogP contribution >= 0.6 is 12.4 Å². The third kappa shape index (κ3) is 4.00. The molecule has 0 aliphatic carbocycles. The van der Waals surface area contributed by atoms with E-state index >= 15 is 0 Å². The fraction of sp³-hybridized carbons (Fsp3) is 0.143. The van der Waals surface area contributed by atoms with Gasteiger partial charge in [0.25, 0.3) is 5.91 Å². The number of nitrogens with zero attached hydrogens (tertiary/aromatic N) is 3. The first-order valence-corrected chi connectivity index (χ1v) is 6.15. The van der Waals surface area contributed by atoms with Gasteiger partial charge < -0.3 is 10.2 Å². The van der Waals surface area contributed by atoms with Crippen LogP contribution < -0.4 is 5.43 Å². The number of rotatable bonds is 4. The molecule has 1 amide bonds. The highest BCUT2D eigenvalue weighted by Crippen LogP contribution is 2.21. The molecule has 0 aliphatic heterocycles. The van der Waals surface area contributed by atoms with Crippen molar-refractivity contribution in [2.24, 2.45) is 5.10 Å². The Morgan fingerprint density at radius 2 is 2.09 bits per heavy atom. The van der Waals surface area contributed by atoms with E-state index in [9.17, 15) is 15.0 Å². The molecule has 2 rings (SSSR count). The third-order valence-electron chi connectivity index (χ3n) is 2.83. The molecule has 116 valence electrons. The number of nitrogens with one attached hydrogen (secondary N) is 1. The summed E-state index contributed by atoms with van der Waals surface area (Å²) in [5.41, 5.74) is 3.90. The van der Waals surface area contributed by atoms with Crippen LogP contribution in [0.25, 0.3) is 0 Å². The quantitative estimate of drug-likeness (QED) is 0.578. The van der Waals surface area contributed by atoms with Crippen LogP contribution in [0.2, 0.25) is 0 Å². The molecular weight excluding hydrogens is 308 g/mol. The van der Waals surface area contributed by atoms with Gasteiger partial charge in [-0.3, -0.25) is 14.8 Å². The molecule has 0 saturated heterocycles. The lowest BCUT2D eigenvalue weighted by Crippen LogP contribution is -2.17. The summed E-state index contributed by atoms with van der Waals surface area (Å²) in [6, 6.07) is 3.11. The molecule has 0 saturated carbocycles. The van der Waals surface area contributed by atoms with E-state index in [0.717, 1.165) is 0 Å². The summed E-state index contributed by atoms with van der Waals surface area (Å²) in [5, 5.41) is 22.9. The van der Waals surface area contributed by atoms with Crippen LogP contribution in [0.4, 0.5) is 0 Å². The SMILES string of the molecule is Cc1ncc(CO)c(/C=N/NC(=O)c2ccncc2)c1O.Cl. The highest BCUT2D eigenvalue weighted by atomic mass is 35.5. The van der Waals surface area contributed by atoms with Gasteiger partial charge in [0.05, 0.1) is 18.5 Å². The lowest BCUT2D eigenvalue weighted by Gasteiger charge is -2.07. The number of amides is 1. The highest BCUT2D eigenvalue weighted by molar-refractivity contribution is 5.95.